The van der Waals surface area contributed by atoms with Crippen molar-refractivity contribution in [3.63, 3.8) is 0 Å². The molecule has 1 N–H and O–H groups in total. The molecular weight excluding hydrogens is 340 g/mol. The van der Waals surface area contributed by atoms with E-state index in [9.17, 15) is 4.79 Å². The minimum atomic E-state index is -0.718. The summed E-state index contributed by atoms with van der Waals surface area (Å²) in [5.41, 5.74) is 3.29. The Kier molecular flexibility index (Phi) is 6.96. The van der Waals surface area contributed by atoms with Crippen LogP contribution in [0.25, 0.3) is 0 Å². The first kappa shape index (κ1) is 19.5. The zero-order valence-corrected chi connectivity index (χ0v) is 15.9. The van der Waals surface area contributed by atoms with Gasteiger partial charge < -0.3 is 14.7 Å². The SMILES string of the molecule is Cc1ccc(C(OC2CCN(CCCC(=O)O)CC2)c2ccccn2)cc1. The van der Waals surface area contributed by atoms with E-state index in [0.29, 0.717) is 6.42 Å². The molecule has 144 valence electrons. The minimum absolute atomic E-state index is 0.157. The number of benzene rings is 1. The number of carboxylic acids is 1. The number of aliphatic carboxylic acids is 1. The van der Waals surface area contributed by atoms with Gasteiger partial charge in [0.15, 0.2) is 0 Å². The molecule has 27 heavy (non-hydrogen) atoms. The van der Waals surface area contributed by atoms with E-state index < -0.39 is 5.97 Å². The average molecular weight is 368 g/mol. The standard InChI is InChI=1S/C22H28N2O3/c1-17-7-9-18(10-8-17)22(20-5-2-3-13-23-20)27-19-11-15-24(16-12-19)14-4-6-21(25)26/h2-3,5,7-10,13,19,22H,4,6,11-12,14-16H2,1H3,(H,25,26). The van der Waals surface area contributed by atoms with Crippen LogP contribution >= 0.6 is 0 Å². The van der Waals surface area contributed by atoms with Crippen LogP contribution in [0, 0.1) is 6.92 Å². The Bertz CT molecular complexity index is 710. The van der Waals surface area contributed by atoms with Crippen LogP contribution in [0.3, 0.4) is 0 Å². The van der Waals surface area contributed by atoms with Crippen molar-refractivity contribution in [2.24, 2.45) is 0 Å². The third-order valence-corrected chi connectivity index (χ3v) is 5.06. The van der Waals surface area contributed by atoms with E-state index >= 15 is 0 Å². The fourth-order valence-electron chi connectivity index (χ4n) is 3.51. The Balaban J connectivity index is 1.60. The molecule has 0 aliphatic carbocycles. The zero-order valence-electron chi connectivity index (χ0n) is 15.9. The number of rotatable bonds is 8. The van der Waals surface area contributed by atoms with Gasteiger partial charge in [-0.3, -0.25) is 9.78 Å². The fraction of sp³-hybridized carbons (Fsp3) is 0.455. The number of piperidine rings is 1. The lowest BCUT2D eigenvalue weighted by molar-refractivity contribution is -0.137. The molecule has 3 rings (SSSR count). The van der Waals surface area contributed by atoms with Gasteiger partial charge in [-0.05, 0) is 50.4 Å². The molecule has 2 heterocycles. The van der Waals surface area contributed by atoms with E-state index in [4.69, 9.17) is 9.84 Å². The van der Waals surface area contributed by atoms with Crippen LogP contribution < -0.4 is 0 Å². The maximum absolute atomic E-state index is 10.7. The Morgan fingerprint density at radius 2 is 1.96 bits per heavy atom. The number of carboxylic acid groups (broad SMARTS) is 1. The smallest absolute Gasteiger partial charge is 0.303 e. The third-order valence-electron chi connectivity index (χ3n) is 5.06. The summed E-state index contributed by atoms with van der Waals surface area (Å²) < 4.78 is 6.51. The summed E-state index contributed by atoms with van der Waals surface area (Å²) in [6, 6.07) is 14.4. The van der Waals surface area contributed by atoms with Crippen molar-refractivity contribution >= 4 is 5.97 Å². The van der Waals surface area contributed by atoms with Crippen LogP contribution in [0.5, 0.6) is 0 Å². The molecule has 5 nitrogen and oxygen atoms in total. The number of aryl methyl sites for hydroxylation is 1. The number of carbonyl (C=O) groups is 1. The summed E-state index contributed by atoms with van der Waals surface area (Å²) in [6.45, 7) is 4.83. The summed E-state index contributed by atoms with van der Waals surface area (Å²) in [5.74, 6) is -0.718. The Labute approximate surface area is 161 Å². The first-order chi connectivity index (χ1) is 13.1. The highest BCUT2D eigenvalue weighted by atomic mass is 16.5. The van der Waals surface area contributed by atoms with Gasteiger partial charge in [-0.25, -0.2) is 0 Å². The molecule has 1 aliphatic rings. The molecule has 1 atom stereocenters. The molecule has 0 bridgehead atoms. The monoisotopic (exact) mass is 368 g/mol. The van der Waals surface area contributed by atoms with E-state index in [2.05, 4.69) is 41.1 Å². The van der Waals surface area contributed by atoms with Gasteiger partial charge >= 0.3 is 5.97 Å². The summed E-state index contributed by atoms with van der Waals surface area (Å²) in [4.78, 5) is 17.5. The second kappa shape index (κ2) is 9.62. The van der Waals surface area contributed by atoms with Crippen molar-refractivity contribution in [3.05, 3.63) is 65.5 Å². The third kappa shape index (κ3) is 5.88. The van der Waals surface area contributed by atoms with E-state index in [0.717, 1.165) is 43.7 Å². The fourth-order valence-corrected chi connectivity index (χ4v) is 3.51. The van der Waals surface area contributed by atoms with Gasteiger partial charge in [0.25, 0.3) is 0 Å². The summed E-state index contributed by atoms with van der Waals surface area (Å²) >= 11 is 0. The molecule has 1 aromatic carbocycles. The Hall–Kier alpha value is -2.24. The van der Waals surface area contributed by atoms with Crippen molar-refractivity contribution < 1.29 is 14.6 Å². The molecule has 0 saturated carbocycles. The number of ether oxygens (including phenoxy) is 1. The maximum atomic E-state index is 10.7. The molecule has 1 unspecified atom stereocenters. The predicted molar refractivity (Wildman–Crippen MR) is 105 cm³/mol. The van der Waals surface area contributed by atoms with E-state index in [1.54, 1.807) is 0 Å². The van der Waals surface area contributed by atoms with Gasteiger partial charge in [0.1, 0.15) is 6.10 Å². The topological polar surface area (TPSA) is 62.7 Å². The first-order valence-electron chi connectivity index (χ1n) is 9.69. The second-order valence-corrected chi connectivity index (χ2v) is 7.22. The van der Waals surface area contributed by atoms with E-state index in [-0.39, 0.29) is 18.6 Å². The second-order valence-electron chi connectivity index (χ2n) is 7.22. The minimum Gasteiger partial charge on any atom is -0.481 e. The Morgan fingerprint density at radius 3 is 2.59 bits per heavy atom. The number of pyridine rings is 1. The highest BCUT2D eigenvalue weighted by molar-refractivity contribution is 5.66. The van der Waals surface area contributed by atoms with Crippen molar-refractivity contribution in [2.45, 2.75) is 44.8 Å². The largest absolute Gasteiger partial charge is 0.481 e. The van der Waals surface area contributed by atoms with Gasteiger partial charge in [0.2, 0.25) is 0 Å². The van der Waals surface area contributed by atoms with Gasteiger partial charge in [-0.15, -0.1) is 0 Å². The van der Waals surface area contributed by atoms with Gasteiger partial charge in [0, 0.05) is 25.7 Å². The lowest BCUT2D eigenvalue weighted by Crippen LogP contribution is -2.38. The molecule has 0 amide bonds. The van der Waals surface area contributed by atoms with Crippen molar-refractivity contribution in [1.82, 2.24) is 9.88 Å². The summed E-state index contributed by atoms with van der Waals surface area (Å²) in [5, 5.41) is 8.77. The van der Waals surface area contributed by atoms with Crippen molar-refractivity contribution in [1.29, 1.82) is 0 Å². The van der Waals surface area contributed by atoms with Crippen LogP contribution in [-0.2, 0) is 9.53 Å². The number of hydrogen-bond acceptors (Lipinski definition) is 4. The van der Waals surface area contributed by atoms with Gasteiger partial charge in [-0.2, -0.15) is 0 Å². The van der Waals surface area contributed by atoms with Crippen molar-refractivity contribution in [3.8, 4) is 0 Å². The lowest BCUT2D eigenvalue weighted by atomic mass is 10.0. The molecule has 5 heteroatoms. The Morgan fingerprint density at radius 1 is 1.22 bits per heavy atom. The normalized spacial score (nSPS) is 16.9. The molecule has 0 radical (unpaired) electrons. The van der Waals surface area contributed by atoms with Gasteiger partial charge in [-0.1, -0.05) is 35.9 Å². The van der Waals surface area contributed by atoms with Crippen LogP contribution in [0.1, 0.15) is 48.6 Å². The van der Waals surface area contributed by atoms with E-state index in [1.807, 2.05) is 24.4 Å². The number of hydrogen-bond donors (Lipinski definition) is 1. The van der Waals surface area contributed by atoms with Crippen LogP contribution in [-0.4, -0.2) is 46.7 Å². The lowest BCUT2D eigenvalue weighted by Gasteiger charge is -2.34. The molecular formula is C22H28N2O3. The van der Waals surface area contributed by atoms with Gasteiger partial charge in [0.05, 0.1) is 11.8 Å². The molecule has 2 aromatic rings. The summed E-state index contributed by atoms with van der Waals surface area (Å²) in [7, 11) is 0. The number of aromatic nitrogens is 1. The molecule has 1 aromatic heterocycles. The molecule has 0 spiro atoms. The van der Waals surface area contributed by atoms with Crippen LogP contribution in [0.2, 0.25) is 0 Å². The quantitative estimate of drug-likeness (QED) is 0.767. The maximum Gasteiger partial charge on any atom is 0.303 e. The van der Waals surface area contributed by atoms with Crippen LogP contribution in [0.15, 0.2) is 48.7 Å². The van der Waals surface area contributed by atoms with Crippen LogP contribution in [0.4, 0.5) is 0 Å². The highest BCUT2D eigenvalue weighted by Crippen LogP contribution is 2.29. The van der Waals surface area contributed by atoms with E-state index in [1.165, 1.54) is 5.56 Å². The first-order valence-corrected chi connectivity index (χ1v) is 9.69. The van der Waals surface area contributed by atoms with Crippen molar-refractivity contribution in [2.75, 3.05) is 19.6 Å². The molecule has 1 saturated heterocycles. The number of likely N-dealkylation sites (tertiary alicyclic amines) is 1. The highest BCUT2D eigenvalue weighted by Gasteiger charge is 2.25. The average Bonchev–Trinajstić information content (AvgIpc) is 2.68. The molecule has 1 aliphatic heterocycles. The zero-order chi connectivity index (χ0) is 19.1. The number of nitrogens with zero attached hydrogens (tertiary/aromatic N) is 2. The predicted octanol–water partition coefficient (Wildman–Crippen LogP) is 3.83. The summed E-state index contributed by atoms with van der Waals surface area (Å²) in [6.07, 6.45) is 4.71. The molecule has 1 fully saturated rings.